The number of hydrogen-bond donors (Lipinski definition) is 1. The number of hydrogen-bond acceptors (Lipinski definition) is 6. The summed E-state index contributed by atoms with van der Waals surface area (Å²) in [7, 11) is 0. The summed E-state index contributed by atoms with van der Waals surface area (Å²) in [6.07, 6.45) is 0. The van der Waals surface area contributed by atoms with E-state index in [0.29, 0.717) is 11.3 Å². The molecule has 2 aromatic rings. The van der Waals surface area contributed by atoms with Gasteiger partial charge in [0.05, 0.1) is 10.5 Å². The Kier molecular flexibility index (Phi) is 3.65. The van der Waals surface area contributed by atoms with Gasteiger partial charge in [0.15, 0.2) is 11.5 Å². The summed E-state index contributed by atoms with van der Waals surface area (Å²) in [5.41, 5.74) is 0.112. The van der Waals surface area contributed by atoms with E-state index in [1.54, 1.807) is 13.0 Å². The Balaban J connectivity index is 2.12. The third-order valence-corrected chi connectivity index (χ3v) is 2.60. The van der Waals surface area contributed by atoms with Crippen molar-refractivity contribution in [2.45, 2.75) is 13.5 Å². The molecule has 0 saturated heterocycles. The number of nitro groups is 1. The Hall–Kier alpha value is -2.90. The first-order valence-corrected chi connectivity index (χ1v) is 5.54. The van der Waals surface area contributed by atoms with E-state index in [4.69, 9.17) is 14.4 Å². The first kappa shape index (κ1) is 13.5. The number of carboxylic acids is 1. The number of aromatic carboxylic acids is 1. The van der Waals surface area contributed by atoms with Gasteiger partial charge in [0.25, 0.3) is 5.69 Å². The van der Waals surface area contributed by atoms with Gasteiger partial charge < -0.3 is 14.4 Å². The summed E-state index contributed by atoms with van der Waals surface area (Å²) in [5, 5.41) is 22.8. The lowest BCUT2D eigenvalue weighted by Crippen LogP contribution is -1.99. The molecule has 20 heavy (non-hydrogen) atoms. The van der Waals surface area contributed by atoms with Crippen molar-refractivity contribution in [2.75, 3.05) is 0 Å². The van der Waals surface area contributed by atoms with E-state index < -0.39 is 10.9 Å². The van der Waals surface area contributed by atoms with Crippen LogP contribution in [0.2, 0.25) is 0 Å². The number of rotatable bonds is 5. The van der Waals surface area contributed by atoms with Crippen LogP contribution in [0.4, 0.5) is 5.69 Å². The van der Waals surface area contributed by atoms with Crippen LogP contribution in [-0.2, 0) is 6.61 Å². The van der Waals surface area contributed by atoms with Crippen LogP contribution in [-0.4, -0.2) is 21.2 Å². The highest BCUT2D eigenvalue weighted by molar-refractivity contribution is 5.85. The van der Waals surface area contributed by atoms with Gasteiger partial charge in [0.2, 0.25) is 0 Å². The predicted molar refractivity (Wildman–Crippen MR) is 65.6 cm³/mol. The first-order chi connectivity index (χ1) is 9.49. The Morgan fingerprint density at radius 2 is 2.30 bits per heavy atom. The number of ether oxygens (including phenoxy) is 1. The normalized spacial score (nSPS) is 10.2. The molecule has 0 fully saturated rings. The number of nitrogens with zero attached hydrogens (tertiary/aromatic N) is 2. The molecular formula is C12H10N2O6. The van der Waals surface area contributed by atoms with E-state index in [-0.39, 0.29) is 23.7 Å². The topological polar surface area (TPSA) is 116 Å². The largest absolute Gasteiger partial charge is 0.485 e. The van der Waals surface area contributed by atoms with E-state index >= 15 is 0 Å². The molecule has 0 spiro atoms. The molecule has 1 aromatic heterocycles. The third kappa shape index (κ3) is 2.74. The van der Waals surface area contributed by atoms with Crippen LogP contribution in [0.3, 0.4) is 0 Å². The number of carboxylic acid groups (broad SMARTS) is 1. The summed E-state index contributed by atoms with van der Waals surface area (Å²) in [6, 6.07) is 5.69. The van der Waals surface area contributed by atoms with Gasteiger partial charge in [-0.3, -0.25) is 10.1 Å². The summed E-state index contributed by atoms with van der Waals surface area (Å²) in [6.45, 7) is 1.50. The van der Waals surface area contributed by atoms with Crippen LogP contribution in [0.15, 0.2) is 28.8 Å². The maximum Gasteiger partial charge on any atom is 0.358 e. The Bertz CT molecular complexity index is 664. The molecule has 0 atom stereocenters. The molecule has 104 valence electrons. The molecule has 1 aromatic carbocycles. The van der Waals surface area contributed by atoms with Crippen LogP contribution < -0.4 is 4.74 Å². The monoisotopic (exact) mass is 278 g/mol. The van der Waals surface area contributed by atoms with Crippen molar-refractivity contribution in [3.05, 3.63) is 51.4 Å². The second-order valence-corrected chi connectivity index (χ2v) is 3.93. The van der Waals surface area contributed by atoms with Gasteiger partial charge >= 0.3 is 5.97 Å². The van der Waals surface area contributed by atoms with Crippen LogP contribution in [0.25, 0.3) is 0 Å². The van der Waals surface area contributed by atoms with Gasteiger partial charge in [-0.1, -0.05) is 11.2 Å². The Morgan fingerprint density at radius 3 is 2.90 bits per heavy atom. The Morgan fingerprint density at radius 1 is 1.55 bits per heavy atom. The highest BCUT2D eigenvalue weighted by atomic mass is 16.6. The molecule has 0 aliphatic rings. The quantitative estimate of drug-likeness (QED) is 0.658. The molecular weight excluding hydrogens is 268 g/mol. The van der Waals surface area contributed by atoms with Gasteiger partial charge in [-0.15, -0.1) is 0 Å². The Labute approximate surface area is 112 Å². The smallest absolute Gasteiger partial charge is 0.358 e. The lowest BCUT2D eigenvalue weighted by Gasteiger charge is -2.07. The molecule has 8 heteroatoms. The molecule has 8 nitrogen and oxygen atoms in total. The van der Waals surface area contributed by atoms with Gasteiger partial charge in [0.1, 0.15) is 12.4 Å². The third-order valence-electron chi connectivity index (χ3n) is 2.60. The average Bonchev–Trinajstić information content (AvgIpc) is 2.86. The molecule has 0 saturated carbocycles. The van der Waals surface area contributed by atoms with Crippen molar-refractivity contribution < 1.29 is 24.1 Å². The molecule has 0 amide bonds. The van der Waals surface area contributed by atoms with Crippen molar-refractivity contribution in [3.63, 3.8) is 0 Å². The van der Waals surface area contributed by atoms with Gasteiger partial charge in [-0.05, 0) is 13.0 Å². The molecule has 0 aliphatic heterocycles. The molecule has 0 bridgehead atoms. The van der Waals surface area contributed by atoms with E-state index in [9.17, 15) is 14.9 Å². The molecule has 1 N–H and O–H groups in total. The van der Waals surface area contributed by atoms with Crippen LogP contribution in [0, 0.1) is 17.0 Å². The summed E-state index contributed by atoms with van der Waals surface area (Å²) >= 11 is 0. The average molecular weight is 278 g/mol. The minimum Gasteiger partial charge on any atom is -0.485 e. The number of carbonyl (C=O) groups is 1. The zero-order valence-corrected chi connectivity index (χ0v) is 10.4. The fourth-order valence-corrected chi connectivity index (χ4v) is 1.59. The molecule has 0 aliphatic carbocycles. The van der Waals surface area contributed by atoms with Crippen LogP contribution in [0.5, 0.6) is 5.75 Å². The van der Waals surface area contributed by atoms with Gasteiger partial charge in [-0.2, -0.15) is 0 Å². The lowest BCUT2D eigenvalue weighted by atomic mass is 10.2. The van der Waals surface area contributed by atoms with E-state index in [1.807, 2.05) is 0 Å². The van der Waals surface area contributed by atoms with Crippen molar-refractivity contribution >= 4 is 11.7 Å². The molecule has 1 heterocycles. The summed E-state index contributed by atoms with van der Waals surface area (Å²) in [4.78, 5) is 20.9. The molecule has 0 unspecified atom stereocenters. The van der Waals surface area contributed by atoms with E-state index in [0.717, 1.165) is 0 Å². The van der Waals surface area contributed by atoms with Crippen molar-refractivity contribution in [1.82, 2.24) is 5.16 Å². The van der Waals surface area contributed by atoms with Crippen molar-refractivity contribution in [2.24, 2.45) is 0 Å². The standard InChI is InChI=1S/C12H10N2O6/c1-7-10(14(17)18)3-2-4-11(7)19-6-8-5-9(12(15)16)13-20-8/h2-5H,6H2,1H3,(H,15,16). The van der Waals surface area contributed by atoms with Crippen molar-refractivity contribution in [1.29, 1.82) is 0 Å². The maximum atomic E-state index is 10.8. The van der Waals surface area contributed by atoms with Crippen molar-refractivity contribution in [3.8, 4) is 5.75 Å². The lowest BCUT2D eigenvalue weighted by molar-refractivity contribution is -0.385. The highest BCUT2D eigenvalue weighted by Crippen LogP contribution is 2.27. The zero-order valence-electron chi connectivity index (χ0n) is 10.4. The molecule has 0 radical (unpaired) electrons. The minimum absolute atomic E-state index is 0.0497. The SMILES string of the molecule is Cc1c(OCc2cc(C(=O)O)no2)cccc1[N+](=O)[O-]. The summed E-state index contributed by atoms with van der Waals surface area (Å²) in [5.74, 6) is -0.660. The fraction of sp³-hybridized carbons (Fsp3) is 0.167. The highest BCUT2D eigenvalue weighted by Gasteiger charge is 2.15. The van der Waals surface area contributed by atoms with E-state index in [2.05, 4.69) is 5.16 Å². The van der Waals surface area contributed by atoms with E-state index in [1.165, 1.54) is 18.2 Å². The number of benzene rings is 1. The second kappa shape index (κ2) is 5.39. The van der Waals surface area contributed by atoms with Crippen LogP contribution >= 0.6 is 0 Å². The summed E-state index contributed by atoms with van der Waals surface area (Å²) < 4.78 is 10.2. The van der Waals surface area contributed by atoms with Gasteiger partial charge in [-0.25, -0.2) is 4.79 Å². The van der Waals surface area contributed by atoms with Crippen LogP contribution in [0.1, 0.15) is 21.8 Å². The number of aromatic nitrogens is 1. The second-order valence-electron chi connectivity index (χ2n) is 3.93. The predicted octanol–water partition coefficient (Wildman–Crippen LogP) is 2.17. The first-order valence-electron chi connectivity index (χ1n) is 5.54. The maximum absolute atomic E-state index is 10.8. The molecule has 2 rings (SSSR count). The fourth-order valence-electron chi connectivity index (χ4n) is 1.59. The van der Waals surface area contributed by atoms with Gasteiger partial charge in [0, 0.05) is 12.1 Å². The zero-order chi connectivity index (χ0) is 14.7. The minimum atomic E-state index is -1.20. The number of nitro benzene ring substituents is 1.